The van der Waals surface area contributed by atoms with Gasteiger partial charge in [0.05, 0.1) is 12.6 Å². The van der Waals surface area contributed by atoms with E-state index in [9.17, 15) is 14.0 Å². The molecule has 7 nitrogen and oxygen atoms in total. The number of nitrogens with one attached hydrogen (secondary N) is 2. The second-order valence-electron chi connectivity index (χ2n) is 7.12. The van der Waals surface area contributed by atoms with Crippen LogP contribution in [0.1, 0.15) is 34.9 Å². The van der Waals surface area contributed by atoms with Crippen molar-refractivity contribution in [3.8, 4) is 0 Å². The first-order valence-electron chi connectivity index (χ1n) is 9.61. The predicted octanol–water partition coefficient (Wildman–Crippen LogP) is 2.83. The number of aromatic nitrogens is 3. The third-order valence-corrected chi connectivity index (χ3v) is 5.02. The van der Waals surface area contributed by atoms with E-state index in [1.165, 1.54) is 16.7 Å². The van der Waals surface area contributed by atoms with Gasteiger partial charge in [-0.25, -0.2) is 4.39 Å². The van der Waals surface area contributed by atoms with E-state index in [1.54, 1.807) is 47.4 Å². The van der Waals surface area contributed by atoms with Crippen molar-refractivity contribution in [2.24, 2.45) is 0 Å². The second kappa shape index (κ2) is 9.69. The fourth-order valence-electron chi connectivity index (χ4n) is 3.45. The molecular formula is C21H23ClFN5O2. The minimum absolute atomic E-state index is 0. The molecule has 1 aliphatic heterocycles. The Hall–Kier alpha value is -2.97. The van der Waals surface area contributed by atoms with Gasteiger partial charge >= 0.3 is 0 Å². The van der Waals surface area contributed by atoms with Crippen LogP contribution in [0.3, 0.4) is 0 Å². The van der Waals surface area contributed by atoms with Crippen molar-refractivity contribution in [2.45, 2.75) is 25.4 Å². The molecule has 1 amide bonds. The molecule has 2 aromatic heterocycles. The summed E-state index contributed by atoms with van der Waals surface area (Å²) in [6.07, 6.45) is 5.52. The Morgan fingerprint density at radius 2 is 2.00 bits per heavy atom. The Bertz CT molecular complexity index is 1060. The maximum Gasteiger partial charge on any atom is 0.276 e. The normalized spacial score (nSPS) is 16.0. The lowest BCUT2D eigenvalue weighted by Crippen LogP contribution is -2.32. The van der Waals surface area contributed by atoms with Gasteiger partial charge in [0, 0.05) is 18.9 Å². The fraction of sp³-hybridized carbons (Fsp3) is 0.286. The summed E-state index contributed by atoms with van der Waals surface area (Å²) in [6, 6.07) is 11.1. The lowest BCUT2D eigenvalue weighted by Gasteiger charge is -2.22. The highest BCUT2D eigenvalue weighted by molar-refractivity contribution is 6.02. The number of amides is 1. The molecule has 3 heterocycles. The standard InChI is InChI=1S/C21H22FN5O2.ClH/c22-16-7-5-15(6-8-16)14-26-11-2-4-19(21(26)29)24-20(28)18-9-12-27(25-18)17-3-1-10-23-13-17;/h2,4-9,11-12,17,23H,1,3,10,13-14H2,(H,24,28);1H. The molecule has 9 heteroatoms. The number of rotatable bonds is 5. The number of nitrogens with zero attached hydrogens (tertiary/aromatic N) is 3. The maximum absolute atomic E-state index is 13.1. The number of piperidine rings is 1. The van der Waals surface area contributed by atoms with Crippen LogP contribution in [0, 0.1) is 5.82 Å². The summed E-state index contributed by atoms with van der Waals surface area (Å²) < 4.78 is 16.3. The number of carbonyl (C=O) groups excluding carboxylic acids is 1. The van der Waals surface area contributed by atoms with E-state index in [4.69, 9.17) is 0 Å². The van der Waals surface area contributed by atoms with Gasteiger partial charge in [-0.3, -0.25) is 14.3 Å². The molecule has 158 valence electrons. The molecule has 0 radical (unpaired) electrons. The van der Waals surface area contributed by atoms with Crippen molar-refractivity contribution in [1.82, 2.24) is 19.7 Å². The van der Waals surface area contributed by atoms with Crippen LogP contribution in [0.4, 0.5) is 10.1 Å². The molecule has 0 spiro atoms. The summed E-state index contributed by atoms with van der Waals surface area (Å²) in [7, 11) is 0. The Labute approximate surface area is 179 Å². The van der Waals surface area contributed by atoms with E-state index in [1.807, 2.05) is 0 Å². The van der Waals surface area contributed by atoms with Crippen LogP contribution in [-0.2, 0) is 6.54 Å². The van der Waals surface area contributed by atoms with Crippen LogP contribution in [0.25, 0.3) is 0 Å². The zero-order valence-corrected chi connectivity index (χ0v) is 17.1. The van der Waals surface area contributed by atoms with Gasteiger partial charge < -0.3 is 15.2 Å². The minimum atomic E-state index is -0.427. The van der Waals surface area contributed by atoms with E-state index >= 15 is 0 Å². The smallest absolute Gasteiger partial charge is 0.276 e. The van der Waals surface area contributed by atoms with E-state index in [2.05, 4.69) is 15.7 Å². The van der Waals surface area contributed by atoms with E-state index in [0.29, 0.717) is 0 Å². The third kappa shape index (κ3) is 4.95. The molecule has 1 atom stereocenters. The molecular weight excluding hydrogens is 409 g/mol. The quantitative estimate of drug-likeness (QED) is 0.651. The molecule has 0 saturated carbocycles. The second-order valence-corrected chi connectivity index (χ2v) is 7.12. The molecule has 2 N–H and O–H groups in total. The van der Waals surface area contributed by atoms with Gasteiger partial charge in [0.15, 0.2) is 5.69 Å². The molecule has 30 heavy (non-hydrogen) atoms. The van der Waals surface area contributed by atoms with Crippen LogP contribution >= 0.6 is 12.4 Å². The SMILES string of the molecule is Cl.O=C(Nc1cccn(Cc2ccc(F)cc2)c1=O)c1ccn(C2CCCNC2)n1. The largest absolute Gasteiger partial charge is 0.316 e. The van der Waals surface area contributed by atoms with Crippen molar-refractivity contribution >= 4 is 24.0 Å². The van der Waals surface area contributed by atoms with Crippen molar-refractivity contribution in [1.29, 1.82) is 0 Å². The summed E-state index contributed by atoms with van der Waals surface area (Å²) in [5, 5.41) is 10.4. The van der Waals surface area contributed by atoms with Crippen molar-refractivity contribution < 1.29 is 9.18 Å². The topological polar surface area (TPSA) is 81.0 Å². The fourth-order valence-corrected chi connectivity index (χ4v) is 3.45. The van der Waals surface area contributed by atoms with Gasteiger partial charge in [-0.15, -0.1) is 12.4 Å². The molecule has 1 unspecified atom stereocenters. The maximum atomic E-state index is 13.1. The number of hydrogen-bond donors (Lipinski definition) is 2. The average molecular weight is 432 g/mol. The number of carbonyl (C=O) groups is 1. The zero-order valence-electron chi connectivity index (χ0n) is 16.3. The summed E-state index contributed by atoms with van der Waals surface area (Å²) in [5.41, 5.74) is 0.898. The number of pyridine rings is 1. The zero-order chi connectivity index (χ0) is 20.2. The third-order valence-electron chi connectivity index (χ3n) is 5.02. The molecule has 0 bridgehead atoms. The average Bonchev–Trinajstić information content (AvgIpc) is 3.24. The Morgan fingerprint density at radius 1 is 1.20 bits per heavy atom. The number of hydrogen-bond acceptors (Lipinski definition) is 4. The van der Waals surface area contributed by atoms with Crippen molar-refractivity contribution in [3.63, 3.8) is 0 Å². The van der Waals surface area contributed by atoms with Gasteiger partial charge in [-0.05, 0) is 55.3 Å². The first-order chi connectivity index (χ1) is 14.1. The van der Waals surface area contributed by atoms with Crippen molar-refractivity contribution in [3.05, 3.63) is 82.3 Å². The predicted molar refractivity (Wildman–Crippen MR) is 115 cm³/mol. The van der Waals surface area contributed by atoms with E-state index in [-0.39, 0.29) is 47.8 Å². The highest BCUT2D eigenvalue weighted by Crippen LogP contribution is 2.16. The van der Waals surface area contributed by atoms with Gasteiger partial charge in [-0.2, -0.15) is 5.10 Å². The summed E-state index contributed by atoms with van der Waals surface area (Å²) in [6.45, 7) is 2.12. The van der Waals surface area contributed by atoms with Crippen molar-refractivity contribution in [2.75, 3.05) is 18.4 Å². The molecule has 1 aromatic carbocycles. The molecule has 1 fully saturated rings. The molecule has 1 saturated heterocycles. The lowest BCUT2D eigenvalue weighted by atomic mass is 10.1. The van der Waals surface area contributed by atoms with Crippen LogP contribution in [0.5, 0.6) is 0 Å². The van der Waals surface area contributed by atoms with E-state index in [0.717, 1.165) is 31.5 Å². The number of halogens is 2. The van der Waals surface area contributed by atoms with Crippen LogP contribution in [-0.4, -0.2) is 33.3 Å². The Kier molecular flexibility index (Phi) is 7.02. The highest BCUT2D eigenvalue weighted by atomic mass is 35.5. The van der Waals surface area contributed by atoms with Crippen LogP contribution in [0.15, 0.2) is 59.7 Å². The molecule has 1 aliphatic rings. The van der Waals surface area contributed by atoms with Gasteiger partial charge in [-0.1, -0.05) is 12.1 Å². The summed E-state index contributed by atoms with van der Waals surface area (Å²) >= 11 is 0. The number of benzene rings is 1. The first-order valence-corrected chi connectivity index (χ1v) is 9.61. The minimum Gasteiger partial charge on any atom is -0.316 e. The van der Waals surface area contributed by atoms with Crippen LogP contribution < -0.4 is 16.2 Å². The van der Waals surface area contributed by atoms with Gasteiger partial charge in [0.2, 0.25) is 0 Å². The summed E-state index contributed by atoms with van der Waals surface area (Å²) in [4.78, 5) is 25.3. The van der Waals surface area contributed by atoms with Gasteiger partial charge in [0.1, 0.15) is 11.5 Å². The van der Waals surface area contributed by atoms with Gasteiger partial charge in [0.25, 0.3) is 11.5 Å². The summed E-state index contributed by atoms with van der Waals surface area (Å²) in [5.74, 6) is -0.755. The number of anilines is 1. The molecule has 3 aromatic rings. The Balaban J connectivity index is 0.00000256. The highest BCUT2D eigenvalue weighted by Gasteiger charge is 2.18. The van der Waals surface area contributed by atoms with E-state index < -0.39 is 5.91 Å². The molecule has 0 aliphatic carbocycles. The monoisotopic (exact) mass is 431 g/mol. The Morgan fingerprint density at radius 3 is 2.73 bits per heavy atom. The first kappa shape index (κ1) is 21.7. The van der Waals surface area contributed by atoms with Crippen LogP contribution in [0.2, 0.25) is 0 Å². The lowest BCUT2D eigenvalue weighted by molar-refractivity contribution is 0.102. The molecule has 4 rings (SSSR count).